The van der Waals surface area contributed by atoms with Crippen LogP contribution in [0.3, 0.4) is 0 Å². The first-order valence-electron chi connectivity index (χ1n) is 4.31. The van der Waals surface area contributed by atoms with E-state index in [2.05, 4.69) is 0 Å². The van der Waals surface area contributed by atoms with Gasteiger partial charge in [0.25, 0.3) is 0 Å². The second-order valence-electron chi connectivity index (χ2n) is 3.06. The molecule has 1 atom stereocenters. The first kappa shape index (κ1) is 11.3. The molecule has 1 aromatic rings. The normalized spacial score (nSPS) is 12.1. The van der Waals surface area contributed by atoms with Crippen LogP contribution in [0, 0.1) is 0 Å². The maximum atomic E-state index is 10.4. The van der Waals surface area contributed by atoms with Gasteiger partial charge < -0.3 is 20.1 Å². The number of carbonyl (C=O) groups is 1. The van der Waals surface area contributed by atoms with Crippen molar-refractivity contribution >= 4 is 5.97 Å². The number of aliphatic hydroxyl groups excluding tert-OH is 1. The van der Waals surface area contributed by atoms with Crippen molar-refractivity contribution in [1.82, 2.24) is 0 Å². The number of methoxy groups -OCH3 is 1. The second kappa shape index (κ2) is 4.65. The van der Waals surface area contributed by atoms with Crippen LogP contribution in [-0.4, -0.2) is 34.5 Å². The Bertz CT molecular complexity index is 361. The lowest BCUT2D eigenvalue weighted by Crippen LogP contribution is -2.21. The van der Waals surface area contributed by atoms with Crippen LogP contribution in [0.2, 0.25) is 0 Å². The van der Waals surface area contributed by atoms with E-state index in [4.69, 9.17) is 14.9 Å². The number of carboxylic acid groups (broad SMARTS) is 1. The lowest BCUT2D eigenvalue weighted by molar-refractivity contribution is -0.146. The molecule has 0 aliphatic rings. The molecule has 0 spiro atoms. The zero-order valence-electron chi connectivity index (χ0n) is 8.17. The average Bonchev–Trinajstić information content (AvgIpc) is 2.20. The third-order valence-electron chi connectivity index (χ3n) is 1.96. The van der Waals surface area contributed by atoms with Crippen molar-refractivity contribution in [2.45, 2.75) is 12.5 Å². The third-order valence-corrected chi connectivity index (χ3v) is 1.96. The van der Waals surface area contributed by atoms with Crippen molar-refractivity contribution in [1.29, 1.82) is 0 Å². The summed E-state index contributed by atoms with van der Waals surface area (Å²) in [5.41, 5.74) is 0.583. The third kappa shape index (κ3) is 2.85. The molecule has 0 bridgehead atoms. The number of aliphatic carboxylic acids is 1. The van der Waals surface area contributed by atoms with Gasteiger partial charge in [0.1, 0.15) is 0 Å². The highest BCUT2D eigenvalue weighted by Gasteiger charge is 2.14. The van der Waals surface area contributed by atoms with Gasteiger partial charge in [0, 0.05) is 6.42 Å². The summed E-state index contributed by atoms with van der Waals surface area (Å²) >= 11 is 0. The highest BCUT2D eigenvalue weighted by molar-refractivity contribution is 5.72. The molecule has 0 fully saturated rings. The zero-order valence-corrected chi connectivity index (χ0v) is 8.17. The molecular weight excluding hydrogens is 203 g/mol. The van der Waals surface area contributed by atoms with Crippen LogP contribution >= 0.6 is 0 Å². The number of phenols is 1. The van der Waals surface area contributed by atoms with Crippen molar-refractivity contribution in [3.05, 3.63) is 23.8 Å². The summed E-state index contributed by atoms with van der Waals surface area (Å²) in [5.74, 6) is -1.04. The Morgan fingerprint density at radius 3 is 2.73 bits per heavy atom. The molecule has 0 amide bonds. The average molecular weight is 215 g/mol. The number of benzene rings is 1. The van der Waals surface area contributed by atoms with E-state index in [1.54, 1.807) is 0 Å². The van der Waals surface area contributed by atoms with Crippen LogP contribution in [0.5, 0.6) is 11.5 Å². The fraction of sp³-hybridized carbons (Fsp3) is 0.300. The Balaban J connectivity index is 2.83. The molecule has 0 aliphatic heterocycles. The van der Waals surface area contributed by atoms with Gasteiger partial charge in [-0.25, -0.2) is 4.79 Å². The van der Waals surface area contributed by atoms with Crippen molar-refractivity contribution in [3.63, 3.8) is 0 Å². The predicted molar refractivity (Wildman–Crippen MR) is 52.0 cm³/mol. The van der Waals surface area contributed by atoms with Gasteiger partial charge in [0.15, 0.2) is 17.6 Å². The van der Waals surface area contributed by atoms with Gasteiger partial charge >= 0.3 is 5.97 Å². The van der Waals surface area contributed by atoms with Gasteiger partial charge in [-0.15, -0.1) is 0 Å². The van der Waals surface area contributed by atoms with Gasteiger partial charge in [-0.2, -0.15) is 0 Å². The minimum Gasteiger partial charge on any atom is -0.504 e. The van der Waals surface area contributed by atoms with Crippen LogP contribution in [0.25, 0.3) is 0 Å². The number of phenolic OH excluding ortho intramolecular Hbond substituents is 1. The number of aliphatic hydroxyl groups is 1. The Hall–Kier alpha value is -1.75. The molecule has 5 nitrogen and oxygen atoms in total. The summed E-state index contributed by atoms with van der Waals surface area (Å²) in [6.07, 6.45) is -1.47. The molecule has 5 heteroatoms. The van der Waals surface area contributed by atoms with Crippen LogP contribution in [-0.2, 0) is 11.2 Å². The summed E-state index contributed by atoms with van der Waals surface area (Å²) in [5, 5.41) is 26.9. The summed E-state index contributed by atoms with van der Waals surface area (Å²) < 4.78 is 4.85. The molecule has 1 unspecified atom stereocenters. The molecule has 0 aliphatic carbocycles. The van der Waals surface area contributed by atoms with Crippen molar-refractivity contribution in [3.8, 4) is 11.5 Å². The molecule has 1 rings (SSSR count). The first-order chi connectivity index (χ1) is 7.04. The minimum absolute atomic E-state index is 0.0219. The number of ether oxygens (including phenoxy) is 1. The second-order valence-corrected chi connectivity index (χ2v) is 3.06. The lowest BCUT2D eigenvalue weighted by Gasteiger charge is -2.08. The molecule has 82 valence electrons. The topological polar surface area (TPSA) is 87.0 Å². The van der Waals surface area contributed by atoms with E-state index in [1.807, 2.05) is 0 Å². The SMILES string of the molecule is COc1cc([13CH2][13CH](O)[13C](=O)O)ccc1O. The summed E-state index contributed by atoms with van der Waals surface area (Å²) in [6, 6.07) is 4.41. The fourth-order valence-corrected chi connectivity index (χ4v) is 1.16. The van der Waals surface area contributed by atoms with E-state index >= 15 is 0 Å². The molecule has 0 saturated heterocycles. The van der Waals surface area contributed by atoms with E-state index < -0.39 is 12.1 Å². The lowest BCUT2D eigenvalue weighted by atomic mass is 10.2. The first-order valence-corrected chi connectivity index (χ1v) is 4.31. The van der Waals surface area contributed by atoms with E-state index in [-0.39, 0.29) is 17.9 Å². The Morgan fingerprint density at radius 2 is 2.20 bits per heavy atom. The molecular formula is C10H12O5. The molecule has 15 heavy (non-hydrogen) atoms. The van der Waals surface area contributed by atoms with E-state index in [0.29, 0.717) is 5.56 Å². The predicted octanol–water partition coefficient (Wildman–Crippen LogP) is 0.389. The zero-order chi connectivity index (χ0) is 11.4. The largest absolute Gasteiger partial charge is 0.504 e. The van der Waals surface area contributed by atoms with Crippen LogP contribution < -0.4 is 4.74 Å². The Labute approximate surface area is 86.5 Å². The maximum Gasteiger partial charge on any atom is 0.332 e. The molecule has 1 aromatic carbocycles. The molecule has 0 heterocycles. The number of aromatic hydroxyl groups is 1. The van der Waals surface area contributed by atoms with E-state index in [9.17, 15) is 9.90 Å². The molecule has 0 aromatic heterocycles. The van der Waals surface area contributed by atoms with E-state index in [0.717, 1.165) is 0 Å². The van der Waals surface area contributed by atoms with E-state index in [1.165, 1.54) is 25.3 Å². The van der Waals surface area contributed by atoms with Gasteiger partial charge in [0.2, 0.25) is 0 Å². The molecule has 0 saturated carbocycles. The Kier molecular flexibility index (Phi) is 3.51. The van der Waals surface area contributed by atoms with Crippen LogP contribution in [0.1, 0.15) is 5.56 Å². The number of rotatable bonds is 4. The van der Waals surface area contributed by atoms with Crippen molar-refractivity contribution in [2.75, 3.05) is 7.11 Å². The highest BCUT2D eigenvalue weighted by Crippen LogP contribution is 2.26. The summed E-state index contributed by atoms with van der Waals surface area (Å²) in [7, 11) is 1.40. The Morgan fingerprint density at radius 1 is 1.53 bits per heavy atom. The number of hydrogen-bond acceptors (Lipinski definition) is 4. The van der Waals surface area contributed by atoms with Gasteiger partial charge in [-0.3, -0.25) is 0 Å². The minimum atomic E-state index is -1.45. The number of hydrogen-bond donors (Lipinski definition) is 3. The van der Waals surface area contributed by atoms with Gasteiger partial charge in [0.05, 0.1) is 7.11 Å². The van der Waals surface area contributed by atoms with Crippen LogP contribution in [0.4, 0.5) is 0 Å². The molecule has 0 radical (unpaired) electrons. The fourth-order valence-electron chi connectivity index (χ4n) is 1.16. The monoisotopic (exact) mass is 215 g/mol. The standard InChI is InChI=1S/C10H12O5/c1-15-9-5-6(2-3-7(9)11)4-8(12)10(13)14/h2-3,5,8,11-12H,4H2,1H3,(H,13,14)/i4+1,8+1,10+1. The van der Waals surface area contributed by atoms with Crippen molar-refractivity contribution < 1.29 is 24.9 Å². The highest BCUT2D eigenvalue weighted by atomic mass is 16.5. The summed E-state index contributed by atoms with van der Waals surface area (Å²) in [4.78, 5) is 10.4. The maximum absolute atomic E-state index is 10.4. The summed E-state index contributed by atoms with van der Waals surface area (Å²) in [6.45, 7) is 0. The molecule has 3 N–H and O–H groups in total. The van der Waals surface area contributed by atoms with Gasteiger partial charge in [-0.1, -0.05) is 6.07 Å². The number of carboxylic acids is 1. The van der Waals surface area contributed by atoms with Gasteiger partial charge in [-0.05, 0) is 17.7 Å². The van der Waals surface area contributed by atoms with Crippen molar-refractivity contribution in [2.24, 2.45) is 0 Å². The van der Waals surface area contributed by atoms with Crippen LogP contribution in [0.15, 0.2) is 18.2 Å². The smallest absolute Gasteiger partial charge is 0.332 e. The quantitative estimate of drug-likeness (QED) is 0.632.